The van der Waals surface area contributed by atoms with Gasteiger partial charge in [-0.05, 0) is 190 Å². The van der Waals surface area contributed by atoms with Gasteiger partial charge in [0.2, 0.25) is 0 Å². The average Bonchev–Trinajstić information content (AvgIpc) is 3.18. The summed E-state index contributed by atoms with van der Waals surface area (Å²) in [4.78, 5) is 0. The van der Waals surface area contributed by atoms with Crippen molar-refractivity contribution in [1.29, 1.82) is 0 Å². The number of hydrogen-bond donors (Lipinski definition) is 0. The molecule has 0 fully saturated rings. The molecule has 0 saturated carbocycles. The molecule has 0 spiro atoms. The Bertz CT molecular complexity index is 3220. The molecule has 0 nitrogen and oxygen atoms in total. The van der Waals surface area contributed by atoms with E-state index in [1.54, 1.807) is 0 Å². The van der Waals surface area contributed by atoms with E-state index in [2.05, 4.69) is 198 Å². The first kappa shape index (κ1) is 32.2. The zero-order chi connectivity index (χ0) is 36.5. The predicted molar refractivity (Wildman–Crippen MR) is 242 cm³/mol. The Morgan fingerprint density at radius 1 is 0.278 bits per heavy atom. The summed E-state index contributed by atoms with van der Waals surface area (Å²) in [6.45, 7) is 8.38. The molecular weight excluding hydrogens is 649 g/mol. The third-order valence-corrected chi connectivity index (χ3v) is 11.4. The van der Waals surface area contributed by atoms with Crippen LogP contribution < -0.4 is 0 Å². The van der Waals surface area contributed by atoms with Crippen LogP contribution in [0.4, 0.5) is 0 Å². The van der Waals surface area contributed by atoms with E-state index in [0.717, 1.165) is 0 Å². The molecule has 0 aliphatic heterocycles. The quantitative estimate of drug-likeness (QED) is 0.125. The van der Waals surface area contributed by atoms with Crippen LogP contribution in [0.5, 0.6) is 0 Å². The van der Waals surface area contributed by atoms with Crippen LogP contribution in [-0.2, 0) is 0 Å². The van der Waals surface area contributed by atoms with Crippen LogP contribution in [0, 0.1) is 0 Å². The van der Waals surface area contributed by atoms with Crippen molar-refractivity contribution in [3.63, 3.8) is 0 Å². The summed E-state index contributed by atoms with van der Waals surface area (Å²) >= 11 is 0. The van der Waals surface area contributed by atoms with Crippen LogP contribution >= 0.6 is 0 Å². The van der Waals surface area contributed by atoms with E-state index in [1.165, 1.54) is 120 Å². The maximum absolute atomic E-state index is 2.41. The average molecular weight is 689 g/mol. The molecular formula is C54H40. The van der Waals surface area contributed by atoms with Crippen LogP contribution in [0.2, 0.25) is 0 Å². The zero-order valence-corrected chi connectivity index (χ0v) is 31.2. The minimum Gasteiger partial charge on any atom is -0.0871 e. The van der Waals surface area contributed by atoms with Crippen molar-refractivity contribution in [3.05, 3.63) is 168 Å². The lowest BCUT2D eigenvalue weighted by Gasteiger charge is -2.23. The number of hydrogen-bond acceptors (Lipinski definition) is 0. The van der Waals surface area contributed by atoms with E-state index >= 15 is 0 Å². The topological polar surface area (TPSA) is 0 Å². The molecule has 0 saturated heterocycles. The Morgan fingerprint density at radius 2 is 0.722 bits per heavy atom. The van der Waals surface area contributed by atoms with Crippen LogP contribution in [0.15, 0.2) is 146 Å². The smallest absolute Gasteiger partial charge is 0.000741 e. The molecule has 0 unspecified atom stereocenters. The Morgan fingerprint density at radius 3 is 1.35 bits per heavy atom. The molecule has 0 radical (unpaired) electrons. The predicted octanol–water partition coefficient (Wildman–Crippen LogP) is 16.1. The molecule has 256 valence electrons. The molecule has 10 rings (SSSR count). The van der Waals surface area contributed by atoms with Crippen molar-refractivity contribution < 1.29 is 0 Å². The summed E-state index contributed by atoms with van der Waals surface area (Å²) in [6, 6.07) is 46.7. The molecule has 0 amide bonds. The molecule has 0 aliphatic rings. The highest BCUT2D eigenvalue weighted by Crippen LogP contribution is 2.52. The monoisotopic (exact) mass is 688 g/mol. The normalized spacial score (nSPS) is 12.9. The maximum atomic E-state index is 2.41. The standard InChI is InChI=1S/C54H40/c1-5-12-33-20-23-41-37(26-33)31-38-27-34(13-6-2)21-24-42(38)50(41)51-44-16-9-10-17-45(44)54-52-46(18-11-19-47(51)52)48-30-36(15-8-4)29-40-32-39-28-35(14-7-3)22-25-43(39)53(54)49(40)48/h5-32H,1-4H3/b12-5-,13-6+,14-7+,15-8+. The molecule has 54 heavy (non-hydrogen) atoms. The summed E-state index contributed by atoms with van der Waals surface area (Å²) in [7, 11) is 0. The van der Waals surface area contributed by atoms with Crippen LogP contribution in [-0.4, -0.2) is 0 Å². The van der Waals surface area contributed by atoms with Gasteiger partial charge >= 0.3 is 0 Å². The van der Waals surface area contributed by atoms with E-state index in [9.17, 15) is 0 Å². The molecule has 10 aromatic carbocycles. The highest BCUT2D eigenvalue weighted by atomic mass is 14.3. The fourth-order valence-corrected chi connectivity index (χ4v) is 9.38. The molecule has 0 heteroatoms. The summed E-state index contributed by atoms with van der Waals surface area (Å²) < 4.78 is 0. The zero-order valence-electron chi connectivity index (χ0n) is 31.2. The largest absolute Gasteiger partial charge is 0.0871 e. The first-order valence-corrected chi connectivity index (χ1v) is 19.1. The van der Waals surface area contributed by atoms with Gasteiger partial charge in [-0.1, -0.05) is 127 Å². The third kappa shape index (κ3) is 4.77. The van der Waals surface area contributed by atoms with Gasteiger partial charge < -0.3 is 0 Å². The lowest BCUT2D eigenvalue weighted by atomic mass is 9.80. The van der Waals surface area contributed by atoms with Crippen LogP contribution in [0.25, 0.3) is 122 Å². The van der Waals surface area contributed by atoms with E-state index < -0.39 is 0 Å². The minimum atomic E-state index is 1.22. The highest BCUT2D eigenvalue weighted by molar-refractivity contribution is 6.45. The second-order valence-corrected chi connectivity index (χ2v) is 14.6. The van der Waals surface area contributed by atoms with Crippen molar-refractivity contribution in [2.75, 3.05) is 0 Å². The van der Waals surface area contributed by atoms with Gasteiger partial charge in [0.05, 0.1) is 0 Å². The highest BCUT2D eigenvalue weighted by Gasteiger charge is 2.23. The van der Waals surface area contributed by atoms with Gasteiger partial charge in [0.25, 0.3) is 0 Å². The summed E-state index contributed by atoms with van der Waals surface area (Å²) in [5, 5.41) is 20.8. The number of allylic oxidation sites excluding steroid dienone is 4. The van der Waals surface area contributed by atoms with Gasteiger partial charge in [-0.2, -0.15) is 0 Å². The molecule has 0 bridgehead atoms. The van der Waals surface area contributed by atoms with Gasteiger partial charge in [-0.15, -0.1) is 0 Å². The van der Waals surface area contributed by atoms with Gasteiger partial charge in [0, 0.05) is 0 Å². The lowest BCUT2D eigenvalue weighted by Crippen LogP contribution is -1.95. The Labute approximate surface area is 316 Å². The van der Waals surface area contributed by atoms with Gasteiger partial charge in [0.15, 0.2) is 0 Å². The summed E-state index contributed by atoms with van der Waals surface area (Å²) in [5.74, 6) is 0. The van der Waals surface area contributed by atoms with E-state index in [0.29, 0.717) is 0 Å². The van der Waals surface area contributed by atoms with Gasteiger partial charge in [0.1, 0.15) is 0 Å². The van der Waals surface area contributed by atoms with E-state index in [4.69, 9.17) is 0 Å². The SMILES string of the molecule is C/C=C\c1ccc2c(-c3c4ccccc4c4c5c3cccc5c3cc(/C=C/C)cc5cc6cc(/C=C/C)ccc6c4c53)c3ccc(/C=C/C)cc3cc2c1. The van der Waals surface area contributed by atoms with E-state index in [1.807, 2.05) is 0 Å². The van der Waals surface area contributed by atoms with Gasteiger partial charge in [-0.25, -0.2) is 0 Å². The molecule has 0 heterocycles. The Balaban J connectivity index is 1.48. The van der Waals surface area contributed by atoms with Crippen molar-refractivity contribution in [2.45, 2.75) is 27.7 Å². The van der Waals surface area contributed by atoms with E-state index in [-0.39, 0.29) is 0 Å². The Hall–Kier alpha value is -6.50. The van der Waals surface area contributed by atoms with Crippen LogP contribution in [0.3, 0.4) is 0 Å². The lowest BCUT2D eigenvalue weighted by molar-refractivity contribution is 1.67. The Kier molecular flexibility index (Phi) is 7.49. The molecule has 0 N–H and O–H groups in total. The second-order valence-electron chi connectivity index (χ2n) is 14.6. The number of rotatable bonds is 5. The second kappa shape index (κ2) is 12.6. The van der Waals surface area contributed by atoms with Crippen molar-refractivity contribution in [2.24, 2.45) is 0 Å². The fraction of sp³-hybridized carbons (Fsp3) is 0.0741. The molecule has 0 aliphatic carbocycles. The molecule has 0 atom stereocenters. The molecule has 0 aromatic heterocycles. The third-order valence-electron chi connectivity index (χ3n) is 11.4. The minimum absolute atomic E-state index is 1.22. The summed E-state index contributed by atoms with van der Waals surface area (Å²) in [5.41, 5.74) is 7.49. The first-order valence-electron chi connectivity index (χ1n) is 19.1. The fourth-order valence-electron chi connectivity index (χ4n) is 9.38. The molecule has 10 aromatic rings. The van der Waals surface area contributed by atoms with Gasteiger partial charge in [-0.3, -0.25) is 0 Å². The summed E-state index contributed by atoms with van der Waals surface area (Å²) in [6.07, 6.45) is 17.4. The number of benzene rings is 10. The van der Waals surface area contributed by atoms with Crippen molar-refractivity contribution in [1.82, 2.24) is 0 Å². The van der Waals surface area contributed by atoms with Crippen molar-refractivity contribution >= 4 is 110 Å². The number of fused-ring (bicyclic) bond motifs is 8. The van der Waals surface area contributed by atoms with Crippen molar-refractivity contribution in [3.8, 4) is 11.1 Å². The maximum Gasteiger partial charge on any atom is -0.000741 e. The first-order chi connectivity index (χ1) is 26.6. The van der Waals surface area contributed by atoms with Crippen LogP contribution in [0.1, 0.15) is 49.9 Å².